The number of ether oxygens (including phenoxy) is 1. The number of rotatable bonds is 2. The lowest BCUT2D eigenvalue weighted by Gasteiger charge is -2.33. The van der Waals surface area contributed by atoms with Gasteiger partial charge in [-0.15, -0.1) is 0 Å². The summed E-state index contributed by atoms with van der Waals surface area (Å²) in [7, 11) is 0. The highest BCUT2D eigenvalue weighted by molar-refractivity contribution is 5.99. The first kappa shape index (κ1) is 15.6. The van der Waals surface area contributed by atoms with Crippen LogP contribution in [-0.2, 0) is 4.74 Å². The molecule has 6 nitrogen and oxygen atoms in total. The average Bonchev–Trinajstić information content (AvgIpc) is 3.16. The van der Waals surface area contributed by atoms with Crippen molar-refractivity contribution in [1.29, 1.82) is 0 Å². The summed E-state index contributed by atoms with van der Waals surface area (Å²) >= 11 is 0. The fraction of sp³-hybridized carbons (Fsp3) is 0.500. The third kappa shape index (κ3) is 2.60. The van der Waals surface area contributed by atoms with Crippen molar-refractivity contribution in [3.63, 3.8) is 0 Å². The number of β-amino-alcohol motifs (C(OH)–C–C–N with tert-alkyl or cyclic N) is 1. The topological polar surface area (TPSA) is 66.2 Å². The van der Waals surface area contributed by atoms with Gasteiger partial charge >= 0.3 is 0 Å². The summed E-state index contributed by atoms with van der Waals surface area (Å²) < 4.78 is 11.2. The largest absolute Gasteiger partial charge is 0.451 e. The van der Waals surface area contributed by atoms with E-state index in [0.717, 1.165) is 29.6 Å². The molecular weight excluding hydrogens is 308 g/mol. The lowest BCUT2D eigenvalue weighted by molar-refractivity contribution is -0.00612. The fourth-order valence-electron chi connectivity index (χ4n) is 3.73. The first-order valence-corrected chi connectivity index (χ1v) is 8.42. The Hall–Kier alpha value is -1.89. The van der Waals surface area contributed by atoms with Crippen LogP contribution in [0.4, 0.5) is 0 Å². The number of nitrogens with zero attached hydrogens (tertiary/aromatic N) is 2. The standard InChI is InChI=1S/C18H22N2O4/c1-12-13-4-2-3-5-16(13)24-17(12)18(22)20-10-14(15(21)11-20)19-6-8-23-9-7-19/h2-5,14-15,21H,6-11H2,1H3/t14-,15-/m1/s1. The normalized spacial score (nSPS) is 25.5. The summed E-state index contributed by atoms with van der Waals surface area (Å²) in [4.78, 5) is 16.8. The summed E-state index contributed by atoms with van der Waals surface area (Å²) in [5, 5.41) is 11.4. The van der Waals surface area contributed by atoms with E-state index in [0.29, 0.717) is 32.1 Å². The fourth-order valence-corrected chi connectivity index (χ4v) is 3.73. The number of para-hydroxylation sites is 1. The van der Waals surface area contributed by atoms with Gasteiger partial charge in [-0.1, -0.05) is 18.2 Å². The molecule has 24 heavy (non-hydrogen) atoms. The molecule has 128 valence electrons. The minimum absolute atomic E-state index is 0.0254. The highest BCUT2D eigenvalue weighted by Crippen LogP contribution is 2.27. The quantitative estimate of drug-likeness (QED) is 0.898. The number of furan rings is 1. The monoisotopic (exact) mass is 330 g/mol. The van der Waals surface area contributed by atoms with E-state index >= 15 is 0 Å². The molecule has 0 spiro atoms. The van der Waals surface area contributed by atoms with Crippen LogP contribution < -0.4 is 0 Å². The number of likely N-dealkylation sites (tertiary alicyclic amines) is 1. The van der Waals surface area contributed by atoms with Crippen molar-refractivity contribution in [2.45, 2.75) is 19.1 Å². The molecule has 1 aromatic carbocycles. The second kappa shape index (κ2) is 6.20. The van der Waals surface area contributed by atoms with Crippen LogP contribution in [0, 0.1) is 6.92 Å². The van der Waals surface area contributed by atoms with Gasteiger partial charge in [0.05, 0.1) is 25.4 Å². The van der Waals surface area contributed by atoms with Crippen molar-refractivity contribution in [2.75, 3.05) is 39.4 Å². The Kier molecular flexibility index (Phi) is 4.04. The number of amides is 1. The van der Waals surface area contributed by atoms with Gasteiger partial charge in [0, 0.05) is 37.1 Å². The van der Waals surface area contributed by atoms with Crippen molar-refractivity contribution in [3.05, 3.63) is 35.6 Å². The second-order valence-corrected chi connectivity index (χ2v) is 6.55. The van der Waals surface area contributed by atoms with Gasteiger partial charge in [0.25, 0.3) is 5.91 Å². The summed E-state index contributed by atoms with van der Waals surface area (Å²) in [5.74, 6) is 0.240. The number of hydrogen-bond donors (Lipinski definition) is 1. The number of carbonyl (C=O) groups is 1. The number of carbonyl (C=O) groups excluding carboxylic acids is 1. The van der Waals surface area contributed by atoms with Gasteiger partial charge in [0.1, 0.15) is 5.58 Å². The molecule has 3 heterocycles. The van der Waals surface area contributed by atoms with Crippen LogP contribution in [0.5, 0.6) is 0 Å². The second-order valence-electron chi connectivity index (χ2n) is 6.55. The smallest absolute Gasteiger partial charge is 0.290 e. The first-order valence-electron chi connectivity index (χ1n) is 8.42. The molecule has 0 saturated carbocycles. The van der Waals surface area contributed by atoms with Crippen LogP contribution in [0.3, 0.4) is 0 Å². The number of aliphatic hydroxyl groups is 1. The molecule has 2 fully saturated rings. The molecule has 2 aliphatic heterocycles. The Morgan fingerprint density at radius 3 is 2.71 bits per heavy atom. The van der Waals surface area contributed by atoms with Crippen LogP contribution >= 0.6 is 0 Å². The van der Waals surface area contributed by atoms with E-state index in [2.05, 4.69) is 4.90 Å². The lowest BCUT2D eigenvalue weighted by atomic mass is 10.1. The molecule has 4 rings (SSSR count). The van der Waals surface area contributed by atoms with Crippen molar-refractivity contribution in [2.24, 2.45) is 0 Å². The van der Waals surface area contributed by atoms with Gasteiger partial charge in [0.15, 0.2) is 5.76 Å². The molecule has 1 aromatic heterocycles. The number of aliphatic hydroxyl groups excluding tert-OH is 1. The van der Waals surface area contributed by atoms with Crippen LogP contribution in [0.15, 0.2) is 28.7 Å². The minimum atomic E-state index is -0.531. The van der Waals surface area contributed by atoms with Crippen molar-refractivity contribution in [3.8, 4) is 0 Å². The number of morpholine rings is 1. The highest BCUT2D eigenvalue weighted by atomic mass is 16.5. The minimum Gasteiger partial charge on any atom is -0.451 e. The zero-order valence-corrected chi connectivity index (χ0v) is 13.8. The molecular formula is C18H22N2O4. The summed E-state index contributed by atoms with van der Waals surface area (Å²) in [5.41, 5.74) is 1.59. The van der Waals surface area contributed by atoms with Crippen molar-refractivity contribution < 1.29 is 19.1 Å². The molecule has 1 N–H and O–H groups in total. The Morgan fingerprint density at radius 2 is 1.96 bits per heavy atom. The SMILES string of the molecule is Cc1c(C(=O)N2C[C@@H](O)[C@H](N3CCOCC3)C2)oc2ccccc12. The summed E-state index contributed by atoms with van der Waals surface area (Å²) in [6.07, 6.45) is -0.531. The first-order chi connectivity index (χ1) is 11.6. The Morgan fingerprint density at radius 1 is 1.21 bits per heavy atom. The molecule has 2 saturated heterocycles. The van der Waals surface area contributed by atoms with Gasteiger partial charge in [-0.25, -0.2) is 0 Å². The van der Waals surface area contributed by atoms with Gasteiger partial charge < -0.3 is 19.2 Å². The molecule has 0 radical (unpaired) electrons. The molecule has 2 aromatic rings. The van der Waals surface area contributed by atoms with E-state index < -0.39 is 6.10 Å². The predicted molar refractivity (Wildman–Crippen MR) is 89.0 cm³/mol. The average molecular weight is 330 g/mol. The van der Waals surface area contributed by atoms with Gasteiger partial charge in [-0.3, -0.25) is 9.69 Å². The molecule has 1 amide bonds. The molecule has 0 unspecified atom stereocenters. The van der Waals surface area contributed by atoms with Gasteiger partial charge in [-0.05, 0) is 13.0 Å². The lowest BCUT2D eigenvalue weighted by Crippen LogP contribution is -2.49. The maximum Gasteiger partial charge on any atom is 0.290 e. The van der Waals surface area contributed by atoms with Crippen LogP contribution in [0.1, 0.15) is 16.1 Å². The summed E-state index contributed by atoms with van der Waals surface area (Å²) in [6.45, 7) is 5.74. The zero-order valence-electron chi connectivity index (χ0n) is 13.8. The van der Waals surface area contributed by atoms with Crippen LogP contribution in [-0.4, -0.2) is 72.4 Å². The Labute approximate surface area is 140 Å². The van der Waals surface area contributed by atoms with Crippen molar-refractivity contribution in [1.82, 2.24) is 9.80 Å². The van der Waals surface area contributed by atoms with Crippen molar-refractivity contribution >= 4 is 16.9 Å². The van der Waals surface area contributed by atoms with E-state index in [1.54, 1.807) is 4.90 Å². The number of fused-ring (bicyclic) bond motifs is 1. The zero-order chi connectivity index (χ0) is 16.7. The molecule has 2 atom stereocenters. The Balaban J connectivity index is 1.55. The maximum absolute atomic E-state index is 12.9. The molecule has 0 aliphatic carbocycles. The molecule has 0 bridgehead atoms. The van der Waals surface area contributed by atoms with Crippen LogP contribution in [0.25, 0.3) is 11.0 Å². The molecule has 2 aliphatic rings. The number of aryl methyl sites for hydroxylation is 1. The van der Waals surface area contributed by atoms with E-state index in [4.69, 9.17) is 9.15 Å². The third-order valence-electron chi connectivity index (χ3n) is 5.10. The number of benzene rings is 1. The Bertz CT molecular complexity index is 751. The number of hydrogen-bond acceptors (Lipinski definition) is 5. The summed E-state index contributed by atoms with van der Waals surface area (Å²) in [6, 6.07) is 7.64. The van der Waals surface area contributed by atoms with E-state index in [1.807, 2.05) is 31.2 Å². The van der Waals surface area contributed by atoms with Gasteiger partial charge in [-0.2, -0.15) is 0 Å². The predicted octanol–water partition coefficient (Wildman–Crippen LogP) is 1.26. The maximum atomic E-state index is 12.9. The van der Waals surface area contributed by atoms with E-state index in [9.17, 15) is 9.90 Å². The van der Waals surface area contributed by atoms with E-state index in [-0.39, 0.29) is 11.9 Å². The third-order valence-corrected chi connectivity index (χ3v) is 5.10. The molecule has 6 heteroatoms. The van der Waals surface area contributed by atoms with Crippen LogP contribution in [0.2, 0.25) is 0 Å². The van der Waals surface area contributed by atoms with E-state index in [1.165, 1.54) is 0 Å². The highest BCUT2D eigenvalue weighted by Gasteiger charge is 2.39. The van der Waals surface area contributed by atoms with Gasteiger partial charge in [0.2, 0.25) is 0 Å².